The number of H-pyrrole nitrogens is 1. The highest BCUT2D eigenvalue weighted by Crippen LogP contribution is 2.36. The first-order valence-corrected chi connectivity index (χ1v) is 9.88. The summed E-state index contributed by atoms with van der Waals surface area (Å²) in [6, 6.07) is 4.00. The first kappa shape index (κ1) is 18.3. The molecule has 0 aliphatic carbocycles. The maximum Gasteiger partial charge on any atom is 0.153 e. The summed E-state index contributed by atoms with van der Waals surface area (Å²) in [6.45, 7) is 6.79. The molecule has 0 bridgehead atoms. The molecule has 1 N–H and O–H groups in total. The van der Waals surface area contributed by atoms with Gasteiger partial charge in [-0.3, -0.25) is 5.10 Å². The van der Waals surface area contributed by atoms with Crippen LogP contribution in [0.3, 0.4) is 0 Å². The van der Waals surface area contributed by atoms with Crippen LogP contribution in [0.5, 0.6) is 0 Å². The zero-order valence-electron chi connectivity index (χ0n) is 16.3. The summed E-state index contributed by atoms with van der Waals surface area (Å²) in [5.74, 6) is 0.432. The number of ether oxygens (including phenoxy) is 2. The molecule has 0 spiro atoms. The van der Waals surface area contributed by atoms with Crippen LogP contribution >= 0.6 is 0 Å². The topological polar surface area (TPSA) is 79.4 Å². The first-order valence-electron chi connectivity index (χ1n) is 9.88. The fraction of sp³-hybridized carbons (Fsp3) is 0.450. The van der Waals surface area contributed by atoms with Gasteiger partial charge in [0, 0.05) is 31.9 Å². The number of pyridine rings is 2. The van der Waals surface area contributed by atoms with Crippen molar-refractivity contribution in [2.75, 3.05) is 55.9 Å². The largest absolute Gasteiger partial charge is 0.378 e. The summed E-state index contributed by atoms with van der Waals surface area (Å²) in [4.78, 5) is 13.6. The number of aromatic amines is 1. The van der Waals surface area contributed by atoms with Gasteiger partial charge in [-0.2, -0.15) is 5.10 Å². The highest BCUT2D eigenvalue weighted by molar-refractivity contribution is 6.00. The van der Waals surface area contributed by atoms with Crippen molar-refractivity contribution in [3.63, 3.8) is 0 Å². The van der Waals surface area contributed by atoms with Crippen LogP contribution in [0.2, 0.25) is 0 Å². The van der Waals surface area contributed by atoms with Crippen LogP contribution in [0.15, 0.2) is 24.5 Å². The average molecular weight is 398 g/mol. The van der Waals surface area contributed by atoms with Crippen molar-refractivity contribution in [1.29, 1.82) is 0 Å². The number of aromatic nitrogens is 4. The summed E-state index contributed by atoms with van der Waals surface area (Å²) < 4.78 is 26.1. The van der Waals surface area contributed by atoms with Crippen LogP contribution in [0, 0.1) is 5.82 Å². The van der Waals surface area contributed by atoms with Gasteiger partial charge in [-0.1, -0.05) is 0 Å². The third-order valence-corrected chi connectivity index (χ3v) is 5.52. The molecule has 5 rings (SSSR count). The number of hydrogen-bond donors (Lipinski definition) is 1. The predicted octanol–water partition coefficient (Wildman–Crippen LogP) is 2.22. The van der Waals surface area contributed by atoms with E-state index in [1.165, 1.54) is 6.20 Å². The maximum absolute atomic E-state index is 15.1. The molecule has 5 heterocycles. The molecular formula is C20H23FN6O2. The minimum atomic E-state index is -0.376. The van der Waals surface area contributed by atoms with E-state index in [0.717, 1.165) is 18.1 Å². The first-order chi connectivity index (χ1) is 14.2. The van der Waals surface area contributed by atoms with Crippen molar-refractivity contribution in [1.82, 2.24) is 20.2 Å². The number of fused-ring (bicyclic) bond motifs is 1. The molecule has 9 heteroatoms. The molecule has 8 nitrogen and oxygen atoms in total. The minimum absolute atomic E-state index is 0.184. The summed E-state index contributed by atoms with van der Waals surface area (Å²) in [5.41, 5.74) is 2.67. The van der Waals surface area contributed by atoms with Gasteiger partial charge in [0.05, 0.1) is 55.4 Å². The molecule has 1 atom stereocenters. The second-order valence-electron chi connectivity index (χ2n) is 7.36. The molecule has 0 aromatic carbocycles. The molecule has 3 aromatic heterocycles. The van der Waals surface area contributed by atoms with Crippen molar-refractivity contribution < 1.29 is 13.9 Å². The van der Waals surface area contributed by atoms with Gasteiger partial charge in [-0.05, 0) is 13.0 Å². The van der Waals surface area contributed by atoms with Crippen LogP contribution in [0.25, 0.3) is 22.3 Å². The van der Waals surface area contributed by atoms with Crippen molar-refractivity contribution in [2.45, 2.75) is 13.0 Å². The molecule has 29 heavy (non-hydrogen) atoms. The molecule has 3 aromatic rings. The Balaban J connectivity index is 1.75. The minimum Gasteiger partial charge on any atom is -0.378 e. The monoisotopic (exact) mass is 398 g/mol. The van der Waals surface area contributed by atoms with Gasteiger partial charge < -0.3 is 19.3 Å². The van der Waals surface area contributed by atoms with E-state index in [9.17, 15) is 0 Å². The van der Waals surface area contributed by atoms with Crippen LogP contribution in [-0.2, 0) is 9.47 Å². The summed E-state index contributed by atoms with van der Waals surface area (Å²) >= 11 is 0. The molecule has 152 valence electrons. The van der Waals surface area contributed by atoms with Crippen molar-refractivity contribution >= 4 is 22.4 Å². The second kappa shape index (κ2) is 7.57. The number of morpholine rings is 2. The SMILES string of the molecule is C[C@@H]1COCCN1c1cc(N2CCOCC2)c2c(F)cnc(-c3ccn[nH]3)c2n1. The van der Waals surface area contributed by atoms with E-state index in [1.54, 1.807) is 6.20 Å². The fourth-order valence-corrected chi connectivity index (χ4v) is 4.03. The van der Waals surface area contributed by atoms with Gasteiger partial charge in [0.2, 0.25) is 0 Å². The van der Waals surface area contributed by atoms with Crippen LogP contribution in [0.4, 0.5) is 15.9 Å². The molecule has 0 unspecified atom stereocenters. The Labute approximate surface area is 167 Å². The number of nitrogens with one attached hydrogen (secondary N) is 1. The lowest BCUT2D eigenvalue weighted by Crippen LogP contribution is -2.44. The highest BCUT2D eigenvalue weighted by Gasteiger charge is 2.26. The van der Waals surface area contributed by atoms with Crippen LogP contribution in [0.1, 0.15) is 6.92 Å². The van der Waals surface area contributed by atoms with Gasteiger partial charge in [0.1, 0.15) is 17.0 Å². The number of hydrogen-bond acceptors (Lipinski definition) is 7. The predicted molar refractivity (Wildman–Crippen MR) is 108 cm³/mol. The second-order valence-corrected chi connectivity index (χ2v) is 7.36. The molecule has 0 saturated carbocycles. The van der Waals surface area contributed by atoms with E-state index in [4.69, 9.17) is 14.5 Å². The molecular weight excluding hydrogens is 375 g/mol. The standard InChI is InChI=1S/C20H23FN6O2/c1-13-12-29-9-6-27(13)17-10-16(26-4-7-28-8-5-26)18-14(21)11-22-19(20(18)24-17)15-2-3-23-25-15/h2-3,10-11,13H,4-9,12H2,1H3,(H,23,25)/t13-/m1/s1. The summed E-state index contributed by atoms with van der Waals surface area (Å²) in [6.07, 6.45) is 2.92. The Bertz CT molecular complexity index is 1010. The van der Waals surface area contributed by atoms with E-state index in [0.29, 0.717) is 61.8 Å². The fourth-order valence-electron chi connectivity index (χ4n) is 4.03. The normalized spacial score (nSPS) is 20.4. The maximum atomic E-state index is 15.1. The zero-order chi connectivity index (χ0) is 19.8. The molecule has 0 radical (unpaired) electrons. The Morgan fingerprint density at radius 2 is 2.00 bits per heavy atom. The summed E-state index contributed by atoms with van der Waals surface area (Å²) in [7, 11) is 0. The van der Waals surface area contributed by atoms with Crippen molar-refractivity contribution in [3.05, 3.63) is 30.3 Å². The van der Waals surface area contributed by atoms with Gasteiger partial charge in [-0.15, -0.1) is 0 Å². The van der Waals surface area contributed by atoms with E-state index in [2.05, 4.69) is 31.9 Å². The smallest absolute Gasteiger partial charge is 0.153 e. The molecule has 0 amide bonds. The number of nitrogens with zero attached hydrogens (tertiary/aromatic N) is 5. The zero-order valence-corrected chi connectivity index (χ0v) is 16.3. The van der Waals surface area contributed by atoms with Gasteiger partial charge >= 0.3 is 0 Å². The Kier molecular flexibility index (Phi) is 4.76. The third-order valence-electron chi connectivity index (χ3n) is 5.52. The van der Waals surface area contributed by atoms with Gasteiger partial charge in [0.15, 0.2) is 5.82 Å². The van der Waals surface area contributed by atoms with E-state index >= 15 is 4.39 Å². The lowest BCUT2D eigenvalue weighted by Gasteiger charge is -2.36. The Morgan fingerprint density at radius 1 is 1.17 bits per heavy atom. The molecule has 2 aliphatic heterocycles. The van der Waals surface area contributed by atoms with Crippen LogP contribution < -0.4 is 9.80 Å². The summed E-state index contributed by atoms with van der Waals surface area (Å²) in [5, 5.41) is 7.44. The number of anilines is 2. The highest BCUT2D eigenvalue weighted by atomic mass is 19.1. The quantitative estimate of drug-likeness (QED) is 0.725. The van der Waals surface area contributed by atoms with E-state index < -0.39 is 0 Å². The third kappa shape index (κ3) is 3.30. The van der Waals surface area contributed by atoms with Crippen LogP contribution in [-0.4, -0.2) is 72.3 Å². The molecule has 2 fully saturated rings. The van der Waals surface area contributed by atoms with Gasteiger partial charge in [-0.25, -0.2) is 14.4 Å². The Morgan fingerprint density at radius 3 is 2.76 bits per heavy atom. The van der Waals surface area contributed by atoms with E-state index in [-0.39, 0.29) is 11.9 Å². The molecule has 2 aliphatic rings. The van der Waals surface area contributed by atoms with Gasteiger partial charge in [0.25, 0.3) is 0 Å². The molecule has 2 saturated heterocycles. The van der Waals surface area contributed by atoms with E-state index in [1.807, 2.05) is 12.1 Å². The Hall–Kier alpha value is -2.78. The number of halogens is 1. The average Bonchev–Trinajstić information content (AvgIpc) is 3.29. The lowest BCUT2D eigenvalue weighted by molar-refractivity contribution is 0.0985. The lowest BCUT2D eigenvalue weighted by atomic mass is 10.1. The van der Waals surface area contributed by atoms with Crippen molar-refractivity contribution in [3.8, 4) is 11.4 Å². The number of rotatable bonds is 3. The van der Waals surface area contributed by atoms with Crippen molar-refractivity contribution in [2.24, 2.45) is 0 Å².